The van der Waals surface area contributed by atoms with Gasteiger partial charge in [0.2, 0.25) is 0 Å². The average Bonchev–Trinajstić information content (AvgIpc) is 2.08. The van der Waals surface area contributed by atoms with Crippen molar-refractivity contribution in [2.75, 3.05) is 11.3 Å². The second kappa shape index (κ2) is 4.59. The van der Waals surface area contributed by atoms with Crippen molar-refractivity contribution in [1.29, 1.82) is 0 Å². The number of nitrogens with zero attached hydrogens (tertiary/aromatic N) is 1. The second-order valence-electron chi connectivity index (χ2n) is 2.44. The maximum Gasteiger partial charge on any atom is 0.300 e. The minimum absolute atomic E-state index is 0.120. The van der Waals surface area contributed by atoms with Gasteiger partial charge in [-0.15, -0.1) is 0 Å². The summed E-state index contributed by atoms with van der Waals surface area (Å²) in [5.74, 6) is 0.120. The third kappa shape index (κ3) is 3.13. The van der Waals surface area contributed by atoms with Gasteiger partial charge < -0.3 is 0 Å². The van der Waals surface area contributed by atoms with E-state index >= 15 is 0 Å². The highest BCUT2D eigenvalue weighted by Gasteiger charge is 2.10. The van der Waals surface area contributed by atoms with Crippen LogP contribution in [0.15, 0.2) is 18.3 Å². The van der Waals surface area contributed by atoms with E-state index in [1.807, 2.05) is 0 Å². The lowest BCUT2D eigenvalue weighted by molar-refractivity contribution is 0.589. The number of nitrogens with one attached hydrogen (secondary N) is 2. The fourth-order valence-electron chi connectivity index (χ4n) is 0.814. The summed E-state index contributed by atoms with van der Waals surface area (Å²) in [6, 6.07) is 3.17. The Labute approximate surface area is 87.7 Å². The van der Waals surface area contributed by atoms with Gasteiger partial charge in [0.25, 0.3) is 10.2 Å². The van der Waals surface area contributed by atoms with Gasteiger partial charge >= 0.3 is 0 Å². The van der Waals surface area contributed by atoms with Crippen molar-refractivity contribution in [2.45, 2.75) is 6.92 Å². The smallest absolute Gasteiger partial charge is 0.253 e. The standard InChI is InChI=1S/C7H10ClN3O2S/c1-2-10-14(12,13)11-7-6(8)4-3-5-9-7/h3-5,10H,2H2,1H3,(H,9,11). The summed E-state index contributed by atoms with van der Waals surface area (Å²) < 4.78 is 26.9. The zero-order valence-electron chi connectivity index (χ0n) is 7.49. The Morgan fingerprint density at radius 3 is 2.86 bits per heavy atom. The number of halogens is 1. The van der Waals surface area contributed by atoms with Gasteiger partial charge in [0.05, 0.1) is 5.02 Å². The van der Waals surface area contributed by atoms with E-state index in [1.54, 1.807) is 19.1 Å². The molecule has 5 nitrogen and oxygen atoms in total. The summed E-state index contributed by atoms with van der Waals surface area (Å²) in [7, 11) is -3.55. The van der Waals surface area contributed by atoms with Crippen molar-refractivity contribution in [3.63, 3.8) is 0 Å². The van der Waals surface area contributed by atoms with Crippen molar-refractivity contribution in [3.05, 3.63) is 23.4 Å². The van der Waals surface area contributed by atoms with Crippen LogP contribution in [0.25, 0.3) is 0 Å². The SMILES string of the molecule is CCNS(=O)(=O)Nc1ncccc1Cl. The molecule has 0 unspecified atom stereocenters. The molecule has 1 aromatic heterocycles. The van der Waals surface area contributed by atoms with Gasteiger partial charge in [-0.3, -0.25) is 4.72 Å². The molecule has 2 N–H and O–H groups in total. The van der Waals surface area contributed by atoms with E-state index in [9.17, 15) is 8.42 Å². The van der Waals surface area contributed by atoms with Gasteiger partial charge in [-0.2, -0.15) is 13.1 Å². The molecule has 0 radical (unpaired) electrons. The molecule has 1 heterocycles. The molecule has 0 spiro atoms. The molecule has 0 atom stereocenters. The highest BCUT2D eigenvalue weighted by atomic mass is 35.5. The van der Waals surface area contributed by atoms with Gasteiger partial charge in [-0.1, -0.05) is 18.5 Å². The molecular weight excluding hydrogens is 226 g/mol. The Hall–Kier alpha value is -0.850. The Morgan fingerprint density at radius 1 is 1.57 bits per heavy atom. The normalized spacial score (nSPS) is 11.3. The Bertz CT molecular complexity index is 407. The molecular formula is C7H10ClN3O2S. The second-order valence-corrected chi connectivity index (χ2v) is 4.34. The highest BCUT2D eigenvalue weighted by molar-refractivity contribution is 7.90. The van der Waals surface area contributed by atoms with E-state index in [2.05, 4.69) is 14.4 Å². The van der Waals surface area contributed by atoms with E-state index in [1.165, 1.54) is 6.20 Å². The molecule has 1 rings (SSSR count). The molecule has 1 aromatic rings. The van der Waals surface area contributed by atoms with Crippen LogP contribution in [0, 0.1) is 0 Å². The van der Waals surface area contributed by atoms with Crippen LogP contribution in [0.2, 0.25) is 5.02 Å². The van der Waals surface area contributed by atoms with Crippen LogP contribution >= 0.6 is 11.6 Å². The quantitative estimate of drug-likeness (QED) is 0.818. The van der Waals surface area contributed by atoms with Crippen LogP contribution in [0.1, 0.15) is 6.92 Å². The molecule has 0 saturated carbocycles. The topological polar surface area (TPSA) is 71.1 Å². The Balaban J connectivity index is 2.84. The van der Waals surface area contributed by atoms with E-state index in [0.717, 1.165) is 0 Å². The lowest BCUT2D eigenvalue weighted by Crippen LogP contribution is -2.30. The fraction of sp³-hybridized carbons (Fsp3) is 0.286. The van der Waals surface area contributed by atoms with E-state index < -0.39 is 10.2 Å². The van der Waals surface area contributed by atoms with Gasteiger partial charge in [0.1, 0.15) is 0 Å². The zero-order chi connectivity index (χ0) is 10.6. The molecule has 0 aromatic carbocycles. The number of rotatable bonds is 4. The maximum atomic E-state index is 11.2. The summed E-state index contributed by atoms with van der Waals surface area (Å²) in [5, 5.41) is 0.258. The number of anilines is 1. The molecule has 78 valence electrons. The predicted octanol–water partition coefficient (Wildman–Crippen LogP) is 1.00. The van der Waals surface area contributed by atoms with Gasteiger partial charge in [0.15, 0.2) is 5.82 Å². The van der Waals surface area contributed by atoms with Crippen LogP contribution < -0.4 is 9.44 Å². The fourth-order valence-corrected chi connectivity index (χ4v) is 1.91. The molecule has 0 amide bonds. The summed E-state index contributed by atoms with van der Waals surface area (Å²) in [4.78, 5) is 3.78. The van der Waals surface area contributed by atoms with Crippen molar-refractivity contribution in [1.82, 2.24) is 9.71 Å². The summed E-state index contributed by atoms with van der Waals surface area (Å²) in [6.45, 7) is 1.99. The zero-order valence-corrected chi connectivity index (χ0v) is 9.06. The number of hydrogen-bond donors (Lipinski definition) is 2. The van der Waals surface area contributed by atoms with Crippen LogP contribution in [-0.4, -0.2) is 19.9 Å². The third-order valence-electron chi connectivity index (χ3n) is 1.32. The highest BCUT2D eigenvalue weighted by Crippen LogP contribution is 2.17. The van der Waals surface area contributed by atoms with E-state index in [0.29, 0.717) is 6.54 Å². The van der Waals surface area contributed by atoms with Crippen molar-refractivity contribution in [3.8, 4) is 0 Å². The summed E-state index contributed by atoms with van der Waals surface area (Å²) in [5.41, 5.74) is 0. The minimum Gasteiger partial charge on any atom is -0.253 e. The molecule has 0 aliphatic heterocycles. The molecule has 0 aliphatic rings. The first-order valence-corrected chi connectivity index (χ1v) is 5.79. The Morgan fingerprint density at radius 2 is 2.29 bits per heavy atom. The van der Waals surface area contributed by atoms with E-state index in [4.69, 9.17) is 11.6 Å². The molecule has 0 aliphatic carbocycles. The maximum absolute atomic E-state index is 11.2. The number of hydrogen-bond acceptors (Lipinski definition) is 3. The van der Waals surface area contributed by atoms with Gasteiger partial charge in [0, 0.05) is 12.7 Å². The lowest BCUT2D eigenvalue weighted by atomic mass is 10.5. The predicted molar refractivity (Wildman–Crippen MR) is 55.5 cm³/mol. The first-order valence-electron chi connectivity index (χ1n) is 3.93. The van der Waals surface area contributed by atoms with Crippen LogP contribution in [0.3, 0.4) is 0 Å². The van der Waals surface area contributed by atoms with Crippen LogP contribution in [0.5, 0.6) is 0 Å². The van der Waals surface area contributed by atoms with Gasteiger partial charge in [-0.25, -0.2) is 4.98 Å². The third-order valence-corrected chi connectivity index (χ3v) is 2.76. The molecule has 7 heteroatoms. The Kier molecular flexibility index (Phi) is 3.68. The summed E-state index contributed by atoms with van der Waals surface area (Å²) >= 11 is 5.71. The number of aromatic nitrogens is 1. The van der Waals surface area contributed by atoms with Crippen molar-refractivity contribution >= 4 is 27.6 Å². The molecule has 14 heavy (non-hydrogen) atoms. The summed E-state index contributed by atoms with van der Waals surface area (Å²) in [6.07, 6.45) is 1.45. The molecule has 0 saturated heterocycles. The van der Waals surface area contributed by atoms with Crippen LogP contribution in [0.4, 0.5) is 5.82 Å². The largest absolute Gasteiger partial charge is 0.300 e. The lowest BCUT2D eigenvalue weighted by Gasteiger charge is -2.07. The van der Waals surface area contributed by atoms with Crippen molar-refractivity contribution in [2.24, 2.45) is 0 Å². The van der Waals surface area contributed by atoms with Crippen molar-refractivity contribution < 1.29 is 8.42 Å². The molecule has 0 bridgehead atoms. The van der Waals surface area contributed by atoms with Gasteiger partial charge in [-0.05, 0) is 12.1 Å². The minimum atomic E-state index is -3.55. The van der Waals surface area contributed by atoms with E-state index in [-0.39, 0.29) is 10.8 Å². The monoisotopic (exact) mass is 235 g/mol. The number of pyridine rings is 1. The molecule has 0 fully saturated rings. The first kappa shape index (κ1) is 11.2. The average molecular weight is 236 g/mol. The first-order chi connectivity index (χ1) is 6.55. The van der Waals surface area contributed by atoms with Crippen LogP contribution in [-0.2, 0) is 10.2 Å².